The van der Waals surface area contributed by atoms with Crippen molar-refractivity contribution in [3.63, 3.8) is 0 Å². The van der Waals surface area contributed by atoms with E-state index in [0.29, 0.717) is 6.42 Å². The molecule has 102 valence electrons. The summed E-state index contributed by atoms with van der Waals surface area (Å²) in [7, 11) is 0. The van der Waals surface area contributed by atoms with E-state index in [0.717, 1.165) is 12.8 Å². The summed E-state index contributed by atoms with van der Waals surface area (Å²) in [5.74, 6) is -0.668. The van der Waals surface area contributed by atoms with E-state index in [2.05, 4.69) is 19.1 Å². The number of aliphatic carboxylic acids is 1. The van der Waals surface area contributed by atoms with Gasteiger partial charge in [-0.2, -0.15) is 0 Å². The number of carboxylic acids is 1. The summed E-state index contributed by atoms with van der Waals surface area (Å²) in [5.41, 5.74) is 0. The van der Waals surface area contributed by atoms with Crippen LogP contribution in [-0.4, -0.2) is 11.1 Å². The van der Waals surface area contributed by atoms with Crippen molar-refractivity contribution in [1.29, 1.82) is 0 Å². The smallest absolute Gasteiger partial charge is 0.303 e. The van der Waals surface area contributed by atoms with Gasteiger partial charge >= 0.3 is 5.97 Å². The molecule has 0 rings (SSSR count). The van der Waals surface area contributed by atoms with Crippen LogP contribution in [0.25, 0.3) is 0 Å². The largest absolute Gasteiger partial charge is 0.481 e. The number of rotatable bonds is 11. The minimum Gasteiger partial charge on any atom is -0.481 e. The van der Waals surface area contributed by atoms with Gasteiger partial charge in [0.15, 0.2) is 0 Å². The van der Waals surface area contributed by atoms with Crippen molar-refractivity contribution in [3.05, 3.63) is 12.2 Å². The molecule has 0 radical (unpaired) electrons. The molecule has 0 saturated heterocycles. The topological polar surface area (TPSA) is 37.3 Å². The molecule has 0 unspecified atom stereocenters. The fourth-order valence-corrected chi connectivity index (χ4v) is 1.63. The fourth-order valence-electron chi connectivity index (χ4n) is 1.63. The number of allylic oxidation sites excluding steroid dienone is 2. The van der Waals surface area contributed by atoms with Crippen LogP contribution in [0.15, 0.2) is 12.2 Å². The summed E-state index contributed by atoms with van der Waals surface area (Å²) >= 11 is 0. The van der Waals surface area contributed by atoms with Gasteiger partial charge in [0, 0.05) is 23.5 Å². The van der Waals surface area contributed by atoms with Gasteiger partial charge in [-0.05, 0) is 25.7 Å². The van der Waals surface area contributed by atoms with Crippen molar-refractivity contribution < 1.29 is 27.0 Å². The van der Waals surface area contributed by atoms with Crippen LogP contribution in [0.2, 0.25) is 0 Å². The first-order valence-corrected chi connectivity index (χ1v) is 6.64. The molecule has 0 fully saturated rings. The Labute approximate surface area is 116 Å². The second-order valence-electron chi connectivity index (χ2n) is 4.31. The quantitative estimate of drug-likeness (QED) is 0.343. The Morgan fingerprint density at radius 2 is 1.47 bits per heavy atom. The van der Waals surface area contributed by atoms with Gasteiger partial charge in [0.1, 0.15) is 0 Å². The summed E-state index contributed by atoms with van der Waals surface area (Å²) in [6.45, 7) is 2.21. The second-order valence-corrected chi connectivity index (χ2v) is 4.31. The molecule has 0 aromatic heterocycles. The molecular formula is C14H26FeO2. The van der Waals surface area contributed by atoms with Gasteiger partial charge in [-0.15, -0.1) is 0 Å². The third kappa shape index (κ3) is 18.3. The van der Waals surface area contributed by atoms with Crippen molar-refractivity contribution in [2.75, 3.05) is 0 Å². The summed E-state index contributed by atoms with van der Waals surface area (Å²) in [4.78, 5) is 10.3. The Kier molecular flexibility index (Phi) is 17.7. The molecule has 0 aliphatic rings. The van der Waals surface area contributed by atoms with Crippen LogP contribution >= 0.6 is 0 Å². The molecule has 3 heteroatoms. The van der Waals surface area contributed by atoms with Crippen LogP contribution in [-0.2, 0) is 21.9 Å². The van der Waals surface area contributed by atoms with Crippen LogP contribution in [0.5, 0.6) is 0 Å². The van der Waals surface area contributed by atoms with E-state index in [1.807, 2.05) is 0 Å². The molecule has 0 aliphatic heterocycles. The standard InChI is InChI=1S/C14H26O2.Fe/c1-2-3-4-5-6-7-8-9-10-11-12-13-14(15)16;/h5-6H,2-4,7-13H2,1H3,(H,15,16);/b6-5-;. The monoisotopic (exact) mass is 282 g/mol. The molecule has 1 N–H and O–H groups in total. The Morgan fingerprint density at radius 3 is 2.06 bits per heavy atom. The average Bonchev–Trinajstić information content (AvgIpc) is 2.25. The third-order valence-corrected chi connectivity index (χ3v) is 2.65. The first-order valence-electron chi connectivity index (χ1n) is 6.64. The Morgan fingerprint density at radius 1 is 0.941 bits per heavy atom. The van der Waals surface area contributed by atoms with Crippen LogP contribution in [0, 0.1) is 0 Å². The zero-order valence-electron chi connectivity index (χ0n) is 10.9. The van der Waals surface area contributed by atoms with Crippen LogP contribution < -0.4 is 0 Å². The van der Waals surface area contributed by atoms with Crippen molar-refractivity contribution in [2.24, 2.45) is 0 Å². The average molecular weight is 282 g/mol. The zero-order chi connectivity index (χ0) is 12.1. The zero-order valence-corrected chi connectivity index (χ0v) is 12.0. The van der Waals surface area contributed by atoms with E-state index in [4.69, 9.17) is 5.11 Å². The molecule has 0 aliphatic carbocycles. The molecule has 0 bridgehead atoms. The molecule has 0 spiro atoms. The van der Waals surface area contributed by atoms with E-state index < -0.39 is 5.97 Å². The van der Waals surface area contributed by atoms with E-state index in [9.17, 15) is 4.79 Å². The fraction of sp³-hybridized carbons (Fsp3) is 0.786. The Bertz CT molecular complexity index is 191. The van der Waals surface area contributed by atoms with Gasteiger partial charge in [0.25, 0.3) is 0 Å². The molecule has 17 heavy (non-hydrogen) atoms. The predicted octanol–water partition coefficient (Wildman–Crippen LogP) is 4.55. The van der Waals surface area contributed by atoms with Crippen LogP contribution in [0.4, 0.5) is 0 Å². The van der Waals surface area contributed by atoms with Gasteiger partial charge in [-0.25, -0.2) is 0 Å². The third-order valence-electron chi connectivity index (χ3n) is 2.65. The van der Waals surface area contributed by atoms with Gasteiger partial charge in [-0.1, -0.05) is 51.2 Å². The van der Waals surface area contributed by atoms with Gasteiger partial charge in [-0.3, -0.25) is 4.79 Å². The Hall–Kier alpha value is -0.271. The van der Waals surface area contributed by atoms with E-state index in [1.165, 1.54) is 44.9 Å². The maximum atomic E-state index is 10.3. The van der Waals surface area contributed by atoms with Gasteiger partial charge in [0.05, 0.1) is 0 Å². The number of hydrogen-bond acceptors (Lipinski definition) is 1. The first-order chi connectivity index (χ1) is 7.77. The summed E-state index contributed by atoms with van der Waals surface area (Å²) in [5, 5.41) is 8.45. The van der Waals surface area contributed by atoms with Gasteiger partial charge < -0.3 is 5.11 Å². The minimum atomic E-state index is -0.668. The van der Waals surface area contributed by atoms with Crippen molar-refractivity contribution in [1.82, 2.24) is 0 Å². The molecule has 0 aromatic rings. The normalized spacial score (nSPS) is 10.4. The van der Waals surface area contributed by atoms with Crippen molar-refractivity contribution in [3.8, 4) is 0 Å². The van der Waals surface area contributed by atoms with Crippen molar-refractivity contribution >= 4 is 5.97 Å². The van der Waals surface area contributed by atoms with Crippen LogP contribution in [0.1, 0.15) is 71.1 Å². The minimum absolute atomic E-state index is 0. The molecule has 0 saturated carbocycles. The summed E-state index contributed by atoms with van der Waals surface area (Å²) in [6.07, 6.45) is 15.4. The van der Waals surface area contributed by atoms with E-state index >= 15 is 0 Å². The predicted molar refractivity (Wildman–Crippen MR) is 68.6 cm³/mol. The van der Waals surface area contributed by atoms with Gasteiger partial charge in [0.2, 0.25) is 0 Å². The second kappa shape index (κ2) is 15.7. The van der Waals surface area contributed by atoms with Crippen LogP contribution in [0.3, 0.4) is 0 Å². The number of unbranched alkanes of at least 4 members (excludes halogenated alkanes) is 7. The van der Waals surface area contributed by atoms with Crippen molar-refractivity contribution in [2.45, 2.75) is 71.1 Å². The maximum absolute atomic E-state index is 10.3. The summed E-state index contributed by atoms with van der Waals surface area (Å²) < 4.78 is 0. The molecule has 0 heterocycles. The van der Waals surface area contributed by atoms with E-state index in [-0.39, 0.29) is 17.1 Å². The maximum Gasteiger partial charge on any atom is 0.303 e. The molecule has 0 atom stereocenters. The molecular weight excluding hydrogens is 256 g/mol. The number of carboxylic acid groups (broad SMARTS) is 1. The molecule has 2 nitrogen and oxygen atoms in total. The Balaban J connectivity index is 0. The number of carbonyl (C=O) groups is 1. The van der Waals surface area contributed by atoms with E-state index in [1.54, 1.807) is 0 Å². The number of hydrogen-bond donors (Lipinski definition) is 1. The first kappa shape index (κ1) is 19.1. The summed E-state index contributed by atoms with van der Waals surface area (Å²) in [6, 6.07) is 0. The molecule has 0 aromatic carbocycles. The molecule has 0 amide bonds. The SMILES string of the molecule is CCCC/C=C\CCCCCCCC(=O)O.[Fe].